The van der Waals surface area contributed by atoms with Gasteiger partial charge in [-0.1, -0.05) is 0 Å². The number of rotatable bonds is 2. The maximum Gasteiger partial charge on any atom is 0.268 e. The number of amides is 1. The number of carbonyl (C=O) groups is 1. The van der Waals surface area contributed by atoms with Gasteiger partial charge in [-0.05, 0) is 29.8 Å². The zero-order chi connectivity index (χ0) is 12.4. The van der Waals surface area contributed by atoms with Gasteiger partial charge < -0.3 is 5.32 Å². The predicted octanol–water partition coefficient (Wildman–Crippen LogP) is 2.56. The third-order valence-electron chi connectivity index (χ3n) is 1.97. The number of halogens is 1. The van der Waals surface area contributed by atoms with E-state index in [9.17, 15) is 4.79 Å². The van der Waals surface area contributed by atoms with Gasteiger partial charge in [-0.25, -0.2) is 15.0 Å². The van der Waals surface area contributed by atoms with Gasteiger partial charge >= 0.3 is 0 Å². The van der Waals surface area contributed by atoms with E-state index in [4.69, 9.17) is 0 Å². The van der Waals surface area contributed by atoms with Crippen molar-refractivity contribution < 1.29 is 4.79 Å². The van der Waals surface area contributed by atoms with Gasteiger partial charge in [-0.15, -0.1) is 11.3 Å². The van der Waals surface area contributed by atoms with Crippen molar-refractivity contribution >= 4 is 39.0 Å². The van der Waals surface area contributed by atoms with E-state index in [1.165, 1.54) is 23.7 Å². The second kappa shape index (κ2) is 4.89. The summed E-state index contributed by atoms with van der Waals surface area (Å²) in [6, 6.07) is 0. The van der Waals surface area contributed by atoms with Gasteiger partial charge in [-0.2, -0.15) is 0 Å². The maximum atomic E-state index is 11.9. The van der Waals surface area contributed by atoms with E-state index in [2.05, 4.69) is 36.2 Å². The molecule has 2 aromatic heterocycles. The molecule has 0 aliphatic rings. The molecular weight excluding hydrogens is 304 g/mol. The van der Waals surface area contributed by atoms with Gasteiger partial charge in [0.05, 0.1) is 23.1 Å². The van der Waals surface area contributed by atoms with Crippen LogP contribution >= 0.6 is 27.3 Å². The first-order valence-corrected chi connectivity index (χ1v) is 6.40. The van der Waals surface area contributed by atoms with Crippen molar-refractivity contribution in [2.75, 3.05) is 5.32 Å². The Morgan fingerprint density at radius 3 is 2.65 bits per heavy atom. The summed E-state index contributed by atoms with van der Waals surface area (Å²) >= 11 is 4.54. The van der Waals surface area contributed by atoms with Crippen molar-refractivity contribution in [3.05, 3.63) is 32.6 Å². The standard InChI is InChI=1S/C10H9BrN4OS/c1-5-9(17-6(2)14-5)10(16)15-8-4-12-7(11)3-13-8/h3-4H,1-2H3,(H,13,15,16). The first kappa shape index (κ1) is 12.1. The highest BCUT2D eigenvalue weighted by atomic mass is 79.9. The lowest BCUT2D eigenvalue weighted by molar-refractivity contribution is 0.102. The van der Waals surface area contributed by atoms with Crippen LogP contribution in [0.15, 0.2) is 17.0 Å². The molecule has 5 nitrogen and oxygen atoms in total. The molecule has 0 fully saturated rings. The molecule has 1 N–H and O–H groups in total. The molecule has 0 radical (unpaired) electrons. The number of thiazole rings is 1. The topological polar surface area (TPSA) is 67.8 Å². The SMILES string of the molecule is Cc1nc(C)c(C(=O)Nc2cnc(Br)cn2)s1. The van der Waals surface area contributed by atoms with Crippen molar-refractivity contribution in [1.82, 2.24) is 15.0 Å². The van der Waals surface area contributed by atoms with Crippen LogP contribution in [0.2, 0.25) is 0 Å². The van der Waals surface area contributed by atoms with Crippen molar-refractivity contribution in [2.45, 2.75) is 13.8 Å². The van der Waals surface area contributed by atoms with Crippen LogP contribution in [-0.4, -0.2) is 20.9 Å². The molecule has 17 heavy (non-hydrogen) atoms. The normalized spacial score (nSPS) is 10.3. The van der Waals surface area contributed by atoms with Gasteiger partial charge in [0, 0.05) is 0 Å². The van der Waals surface area contributed by atoms with Crippen LogP contribution < -0.4 is 5.32 Å². The van der Waals surface area contributed by atoms with Gasteiger partial charge in [0.15, 0.2) is 5.82 Å². The van der Waals surface area contributed by atoms with Crippen molar-refractivity contribution in [3.8, 4) is 0 Å². The van der Waals surface area contributed by atoms with Crippen LogP contribution in [0, 0.1) is 13.8 Å². The molecule has 0 bridgehead atoms. The maximum absolute atomic E-state index is 11.9. The zero-order valence-electron chi connectivity index (χ0n) is 9.19. The molecule has 0 aliphatic heterocycles. The van der Waals surface area contributed by atoms with E-state index in [1.54, 1.807) is 0 Å². The van der Waals surface area contributed by atoms with Gasteiger partial charge in [0.1, 0.15) is 9.48 Å². The van der Waals surface area contributed by atoms with E-state index in [0.717, 1.165) is 10.7 Å². The quantitative estimate of drug-likeness (QED) is 0.925. The fraction of sp³-hybridized carbons (Fsp3) is 0.200. The van der Waals surface area contributed by atoms with Gasteiger partial charge in [0.2, 0.25) is 0 Å². The summed E-state index contributed by atoms with van der Waals surface area (Å²) in [5, 5.41) is 3.55. The molecule has 0 aliphatic carbocycles. The number of carbonyl (C=O) groups excluding carboxylic acids is 1. The minimum atomic E-state index is -0.204. The van der Waals surface area contributed by atoms with E-state index >= 15 is 0 Å². The predicted molar refractivity (Wildman–Crippen MR) is 69.3 cm³/mol. The first-order chi connectivity index (χ1) is 8.06. The van der Waals surface area contributed by atoms with Crippen LogP contribution in [0.4, 0.5) is 5.82 Å². The lowest BCUT2D eigenvalue weighted by atomic mass is 10.4. The average molecular weight is 313 g/mol. The highest BCUT2D eigenvalue weighted by Crippen LogP contribution is 2.18. The molecule has 2 aromatic rings. The molecule has 0 spiro atoms. The van der Waals surface area contributed by atoms with Crippen LogP contribution in [0.1, 0.15) is 20.4 Å². The zero-order valence-corrected chi connectivity index (χ0v) is 11.6. The van der Waals surface area contributed by atoms with E-state index in [0.29, 0.717) is 15.3 Å². The first-order valence-electron chi connectivity index (χ1n) is 4.79. The lowest BCUT2D eigenvalue weighted by Gasteiger charge is -2.02. The van der Waals surface area contributed by atoms with Crippen molar-refractivity contribution in [2.24, 2.45) is 0 Å². The highest BCUT2D eigenvalue weighted by molar-refractivity contribution is 9.10. The van der Waals surface area contributed by atoms with Crippen LogP contribution in [0.3, 0.4) is 0 Å². The summed E-state index contributed by atoms with van der Waals surface area (Å²) in [5.74, 6) is 0.216. The molecular formula is C10H9BrN4OS. The second-order valence-corrected chi connectivity index (χ2v) is 5.34. The number of nitrogens with one attached hydrogen (secondary N) is 1. The molecule has 0 saturated heterocycles. The Bertz CT molecular complexity index is 552. The molecule has 0 saturated carbocycles. The largest absolute Gasteiger partial charge is 0.305 e. The Hall–Kier alpha value is -1.34. The fourth-order valence-electron chi connectivity index (χ4n) is 1.29. The van der Waals surface area contributed by atoms with E-state index < -0.39 is 0 Å². The third kappa shape index (κ3) is 2.86. The number of aryl methyl sites for hydroxylation is 2. The van der Waals surface area contributed by atoms with Crippen molar-refractivity contribution in [1.29, 1.82) is 0 Å². The van der Waals surface area contributed by atoms with Gasteiger partial charge in [-0.3, -0.25) is 4.79 Å². The molecule has 0 aromatic carbocycles. The summed E-state index contributed by atoms with van der Waals surface area (Å²) in [7, 11) is 0. The van der Waals surface area contributed by atoms with Crippen LogP contribution in [-0.2, 0) is 0 Å². The Balaban J connectivity index is 2.17. The van der Waals surface area contributed by atoms with E-state index in [-0.39, 0.29) is 5.91 Å². The molecule has 2 rings (SSSR count). The summed E-state index contributed by atoms with van der Waals surface area (Å²) in [6.45, 7) is 3.68. The number of aromatic nitrogens is 3. The summed E-state index contributed by atoms with van der Waals surface area (Å²) in [4.78, 5) is 24.7. The average Bonchev–Trinajstić information content (AvgIpc) is 2.61. The van der Waals surface area contributed by atoms with Crippen molar-refractivity contribution in [3.63, 3.8) is 0 Å². The number of hydrogen-bond donors (Lipinski definition) is 1. The Morgan fingerprint density at radius 2 is 2.12 bits per heavy atom. The van der Waals surface area contributed by atoms with Crippen LogP contribution in [0.25, 0.3) is 0 Å². The van der Waals surface area contributed by atoms with Gasteiger partial charge in [0.25, 0.3) is 5.91 Å². The number of nitrogens with zero attached hydrogens (tertiary/aromatic N) is 3. The minimum absolute atomic E-state index is 0.204. The second-order valence-electron chi connectivity index (χ2n) is 3.33. The molecule has 0 unspecified atom stereocenters. The Kier molecular flexibility index (Phi) is 3.49. The summed E-state index contributed by atoms with van der Waals surface area (Å²) in [6.07, 6.45) is 3.02. The molecule has 7 heteroatoms. The highest BCUT2D eigenvalue weighted by Gasteiger charge is 2.14. The lowest BCUT2D eigenvalue weighted by Crippen LogP contribution is -2.12. The Morgan fingerprint density at radius 1 is 1.35 bits per heavy atom. The van der Waals surface area contributed by atoms with Crippen LogP contribution in [0.5, 0.6) is 0 Å². The Labute approximate surface area is 110 Å². The smallest absolute Gasteiger partial charge is 0.268 e. The fourth-order valence-corrected chi connectivity index (χ4v) is 2.31. The summed E-state index contributed by atoms with van der Waals surface area (Å²) < 4.78 is 0.625. The molecule has 88 valence electrons. The third-order valence-corrected chi connectivity index (χ3v) is 3.45. The molecule has 2 heterocycles. The monoisotopic (exact) mass is 312 g/mol. The minimum Gasteiger partial charge on any atom is -0.305 e. The molecule has 1 amide bonds. The molecule has 0 atom stereocenters. The number of anilines is 1. The van der Waals surface area contributed by atoms with E-state index in [1.807, 2.05) is 13.8 Å². The number of hydrogen-bond acceptors (Lipinski definition) is 5. The summed E-state index contributed by atoms with van der Waals surface area (Å²) in [5.41, 5.74) is 0.732.